The van der Waals surface area contributed by atoms with Crippen molar-refractivity contribution in [1.82, 2.24) is 19.6 Å². The molecule has 0 saturated heterocycles. The first-order chi connectivity index (χ1) is 7.91. The minimum absolute atomic E-state index is 0.00120. The molecule has 0 aliphatic heterocycles. The van der Waals surface area contributed by atoms with Gasteiger partial charge in [0.25, 0.3) is 0 Å². The first-order valence-corrected chi connectivity index (χ1v) is 5.13. The SMILES string of the molecule is Cc1cc(C)n(-c2c([N+](=O)[O-])c(C)nn2C)n1. The van der Waals surface area contributed by atoms with Gasteiger partial charge in [0.1, 0.15) is 5.69 Å². The highest BCUT2D eigenvalue weighted by molar-refractivity contribution is 5.51. The van der Waals surface area contributed by atoms with E-state index in [0.29, 0.717) is 11.5 Å². The van der Waals surface area contributed by atoms with E-state index < -0.39 is 4.92 Å². The van der Waals surface area contributed by atoms with Crippen molar-refractivity contribution in [2.75, 3.05) is 0 Å². The van der Waals surface area contributed by atoms with E-state index in [2.05, 4.69) is 10.2 Å². The normalized spacial score (nSPS) is 10.8. The second-order valence-corrected chi connectivity index (χ2v) is 3.98. The highest BCUT2D eigenvalue weighted by Crippen LogP contribution is 2.26. The van der Waals surface area contributed by atoms with Gasteiger partial charge in [0.05, 0.1) is 10.6 Å². The van der Waals surface area contributed by atoms with Crippen molar-refractivity contribution in [3.05, 3.63) is 33.3 Å². The van der Waals surface area contributed by atoms with Crippen LogP contribution in [0.25, 0.3) is 5.82 Å². The number of hydrogen-bond donors (Lipinski definition) is 0. The molecule has 90 valence electrons. The van der Waals surface area contributed by atoms with Crippen molar-refractivity contribution in [2.45, 2.75) is 20.8 Å². The lowest BCUT2D eigenvalue weighted by molar-refractivity contribution is -0.385. The molecule has 0 amide bonds. The van der Waals surface area contributed by atoms with Crippen LogP contribution in [-0.2, 0) is 7.05 Å². The standard InChI is InChI=1S/C10H13N5O2/c1-6-5-7(2)14(11-6)10-9(15(16)17)8(3)12-13(10)4/h5H,1-4H3. The number of aryl methyl sites for hydroxylation is 4. The van der Waals surface area contributed by atoms with Crippen molar-refractivity contribution in [3.63, 3.8) is 0 Å². The molecule has 0 radical (unpaired) electrons. The molecule has 0 aliphatic carbocycles. The predicted molar refractivity (Wildman–Crippen MR) is 61.2 cm³/mol. The molecule has 2 heterocycles. The van der Waals surface area contributed by atoms with E-state index in [1.807, 2.05) is 19.9 Å². The average Bonchev–Trinajstić information content (AvgIpc) is 2.66. The summed E-state index contributed by atoms with van der Waals surface area (Å²) in [6.07, 6.45) is 0. The summed E-state index contributed by atoms with van der Waals surface area (Å²) < 4.78 is 3.03. The molecule has 0 spiro atoms. The van der Waals surface area contributed by atoms with Crippen LogP contribution < -0.4 is 0 Å². The van der Waals surface area contributed by atoms with E-state index in [0.717, 1.165) is 11.4 Å². The van der Waals surface area contributed by atoms with Gasteiger partial charge in [-0.1, -0.05) is 0 Å². The molecule has 0 N–H and O–H groups in total. The monoisotopic (exact) mass is 235 g/mol. The Labute approximate surface area is 97.8 Å². The molecular weight excluding hydrogens is 222 g/mol. The fourth-order valence-electron chi connectivity index (χ4n) is 1.93. The Bertz CT molecular complexity index is 596. The first-order valence-electron chi connectivity index (χ1n) is 5.13. The van der Waals surface area contributed by atoms with Crippen LogP contribution in [0.2, 0.25) is 0 Å². The van der Waals surface area contributed by atoms with Gasteiger partial charge in [0.15, 0.2) is 0 Å². The van der Waals surface area contributed by atoms with Crippen molar-refractivity contribution < 1.29 is 4.92 Å². The fraction of sp³-hybridized carbons (Fsp3) is 0.400. The Balaban J connectivity index is 2.75. The molecule has 0 atom stereocenters. The van der Waals surface area contributed by atoms with Crippen LogP contribution in [0.3, 0.4) is 0 Å². The summed E-state index contributed by atoms with van der Waals surface area (Å²) in [5.74, 6) is 0.387. The van der Waals surface area contributed by atoms with Crippen LogP contribution in [0.1, 0.15) is 17.1 Å². The van der Waals surface area contributed by atoms with Gasteiger partial charge in [0.2, 0.25) is 5.82 Å². The Kier molecular flexibility index (Phi) is 2.45. The topological polar surface area (TPSA) is 78.8 Å². The van der Waals surface area contributed by atoms with Crippen molar-refractivity contribution in [1.29, 1.82) is 0 Å². The van der Waals surface area contributed by atoms with Gasteiger partial charge in [-0.25, -0.2) is 9.36 Å². The van der Waals surface area contributed by atoms with E-state index in [9.17, 15) is 10.1 Å². The molecule has 0 saturated carbocycles. The molecule has 17 heavy (non-hydrogen) atoms. The van der Waals surface area contributed by atoms with Crippen LogP contribution in [0.5, 0.6) is 0 Å². The van der Waals surface area contributed by atoms with Gasteiger partial charge in [-0.15, -0.1) is 0 Å². The molecule has 7 heteroatoms. The zero-order valence-corrected chi connectivity index (χ0v) is 10.1. The van der Waals surface area contributed by atoms with E-state index in [4.69, 9.17) is 0 Å². The van der Waals surface area contributed by atoms with Crippen molar-refractivity contribution in [2.24, 2.45) is 7.05 Å². The van der Waals surface area contributed by atoms with Crippen molar-refractivity contribution in [3.8, 4) is 5.82 Å². The number of aromatic nitrogens is 4. The fourth-order valence-corrected chi connectivity index (χ4v) is 1.93. The summed E-state index contributed by atoms with van der Waals surface area (Å²) >= 11 is 0. The Hall–Kier alpha value is -2.18. The van der Waals surface area contributed by atoms with Crippen LogP contribution in [0, 0.1) is 30.9 Å². The third-order valence-electron chi connectivity index (χ3n) is 2.55. The molecule has 0 aromatic carbocycles. The lowest BCUT2D eigenvalue weighted by Gasteiger charge is -2.03. The molecule has 0 unspecified atom stereocenters. The second kappa shape index (κ2) is 3.69. The van der Waals surface area contributed by atoms with E-state index in [1.54, 1.807) is 18.7 Å². The number of hydrogen-bond acceptors (Lipinski definition) is 4. The van der Waals surface area contributed by atoms with Gasteiger partial charge in [-0.05, 0) is 26.8 Å². The summed E-state index contributed by atoms with van der Waals surface area (Å²) in [4.78, 5) is 10.6. The van der Waals surface area contributed by atoms with Gasteiger partial charge in [0, 0.05) is 12.7 Å². The molecule has 0 bridgehead atoms. The third-order valence-corrected chi connectivity index (χ3v) is 2.55. The molecule has 0 aliphatic rings. The van der Waals surface area contributed by atoms with Gasteiger partial charge in [-0.3, -0.25) is 10.1 Å². The van der Waals surface area contributed by atoms with E-state index >= 15 is 0 Å². The van der Waals surface area contributed by atoms with Crippen LogP contribution >= 0.6 is 0 Å². The van der Waals surface area contributed by atoms with Gasteiger partial charge in [-0.2, -0.15) is 10.2 Å². The molecule has 7 nitrogen and oxygen atoms in total. The zero-order valence-electron chi connectivity index (χ0n) is 10.1. The molecule has 2 rings (SSSR count). The summed E-state index contributed by atoms with van der Waals surface area (Å²) in [6.45, 7) is 5.32. The third kappa shape index (κ3) is 1.69. The summed E-state index contributed by atoms with van der Waals surface area (Å²) in [5, 5.41) is 19.4. The first kappa shape index (κ1) is 11.3. The Morgan fingerprint density at radius 1 is 1.29 bits per heavy atom. The second-order valence-electron chi connectivity index (χ2n) is 3.98. The smallest absolute Gasteiger partial charge is 0.258 e. The minimum Gasteiger partial charge on any atom is -0.258 e. The molecule has 2 aromatic heterocycles. The number of nitrogens with zero attached hydrogens (tertiary/aromatic N) is 5. The van der Waals surface area contributed by atoms with Gasteiger partial charge < -0.3 is 0 Å². The van der Waals surface area contributed by atoms with Crippen LogP contribution in [0.15, 0.2) is 6.07 Å². The van der Waals surface area contributed by atoms with Gasteiger partial charge >= 0.3 is 5.69 Å². The lowest BCUT2D eigenvalue weighted by atomic mass is 10.3. The highest BCUT2D eigenvalue weighted by atomic mass is 16.6. The Morgan fingerprint density at radius 2 is 1.94 bits per heavy atom. The quantitative estimate of drug-likeness (QED) is 0.582. The van der Waals surface area contributed by atoms with E-state index in [1.165, 1.54) is 4.68 Å². The van der Waals surface area contributed by atoms with Crippen LogP contribution in [-0.4, -0.2) is 24.5 Å². The maximum absolute atomic E-state index is 11.1. The largest absolute Gasteiger partial charge is 0.336 e. The van der Waals surface area contributed by atoms with E-state index in [-0.39, 0.29) is 5.69 Å². The maximum Gasteiger partial charge on any atom is 0.336 e. The lowest BCUT2D eigenvalue weighted by Crippen LogP contribution is -2.08. The van der Waals surface area contributed by atoms with Crippen molar-refractivity contribution >= 4 is 5.69 Å². The summed E-state index contributed by atoms with van der Waals surface area (Å²) in [5.41, 5.74) is 2.04. The molecule has 2 aromatic rings. The predicted octanol–water partition coefficient (Wildman–Crippen LogP) is 1.44. The van der Waals surface area contributed by atoms with Crippen LogP contribution in [0.4, 0.5) is 5.69 Å². The Morgan fingerprint density at radius 3 is 2.41 bits per heavy atom. The summed E-state index contributed by atoms with van der Waals surface area (Å²) in [7, 11) is 1.67. The molecular formula is C10H13N5O2. The molecule has 0 fully saturated rings. The highest BCUT2D eigenvalue weighted by Gasteiger charge is 2.26. The number of nitro groups is 1. The summed E-state index contributed by atoms with van der Waals surface area (Å²) in [6, 6.07) is 1.87. The average molecular weight is 235 g/mol. The minimum atomic E-state index is -0.422. The zero-order chi connectivity index (χ0) is 12.7. The maximum atomic E-state index is 11.1. The number of rotatable bonds is 2.